The highest BCUT2D eigenvalue weighted by Gasteiger charge is 2.29. The molecule has 0 heterocycles. The van der Waals surface area contributed by atoms with Gasteiger partial charge in [0.25, 0.3) is 0 Å². The van der Waals surface area contributed by atoms with Crippen LogP contribution in [0.4, 0.5) is 0 Å². The summed E-state index contributed by atoms with van der Waals surface area (Å²) >= 11 is 0. The Kier molecular flexibility index (Phi) is 5.27. The molecule has 0 amide bonds. The summed E-state index contributed by atoms with van der Waals surface area (Å²) in [5.41, 5.74) is 1.81. The van der Waals surface area contributed by atoms with Crippen LogP contribution < -0.4 is 0 Å². The van der Waals surface area contributed by atoms with E-state index in [2.05, 4.69) is 65.0 Å². The minimum Gasteiger partial charge on any atom is -0.466 e. The van der Waals surface area contributed by atoms with Crippen molar-refractivity contribution in [1.29, 1.82) is 0 Å². The summed E-state index contributed by atoms with van der Waals surface area (Å²) in [6, 6.07) is 0. The summed E-state index contributed by atoms with van der Waals surface area (Å²) < 4.78 is 12.3. The van der Waals surface area contributed by atoms with Gasteiger partial charge in [0, 0.05) is 25.7 Å². The number of hydrogen-bond donors (Lipinski definition) is 0. The van der Waals surface area contributed by atoms with Crippen molar-refractivity contribution in [2.45, 2.75) is 66.7 Å². The van der Waals surface area contributed by atoms with Gasteiger partial charge in [0.15, 0.2) is 0 Å². The zero-order chi connectivity index (χ0) is 18.0. The maximum Gasteiger partial charge on any atom is 0.104 e. The molecule has 2 nitrogen and oxygen atoms in total. The Labute approximate surface area is 153 Å². The van der Waals surface area contributed by atoms with Gasteiger partial charge in [-0.3, -0.25) is 0 Å². The molecule has 0 spiro atoms. The molecule has 0 bridgehead atoms. The lowest BCUT2D eigenvalue weighted by Gasteiger charge is -2.35. The predicted octanol–water partition coefficient (Wildman–Crippen LogP) is 6.79. The summed E-state index contributed by atoms with van der Waals surface area (Å²) in [7, 11) is 0. The van der Waals surface area contributed by atoms with E-state index in [0.717, 1.165) is 48.7 Å². The Morgan fingerprint density at radius 1 is 0.840 bits per heavy atom. The second-order valence-electron chi connectivity index (χ2n) is 8.53. The van der Waals surface area contributed by atoms with E-state index < -0.39 is 0 Å². The molecule has 0 aromatic carbocycles. The molecular weight excluding hydrogens is 308 g/mol. The molecule has 136 valence electrons. The molecule has 3 aliphatic carbocycles. The summed E-state index contributed by atoms with van der Waals surface area (Å²) in [4.78, 5) is 0. The molecule has 0 aromatic rings. The smallest absolute Gasteiger partial charge is 0.104 e. The van der Waals surface area contributed by atoms with E-state index >= 15 is 0 Å². The lowest BCUT2D eigenvalue weighted by molar-refractivity contribution is 0.182. The van der Waals surface area contributed by atoms with Crippen LogP contribution in [0.1, 0.15) is 66.7 Å². The van der Waals surface area contributed by atoms with Crippen LogP contribution >= 0.6 is 0 Å². The second kappa shape index (κ2) is 7.27. The van der Waals surface area contributed by atoms with Crippen LogP contribution in [-0.4, -0.2) is 0 Å². The van der Waals surface area contributed by atoms with Gasteiger partial charge in [0.05, 0.1) is 5.76 Å². The molecule has 0 saturated heterocycles. The highest BCUT2D eigenvalue weighted by atomic mass is 16.5. The molecule has 0 radical (unpaired) electrons. The van der Waals surface area contributed by atoms with Crippen LogP contribution in [0.3, 0.4) is 0 Å². The standard InChI is InChI=1S/C23H32O2/c1-16-6-7-21(14-17(16)2)24-19-8-10-20(11-9-19)25-22-12-13-23(4,5)18(3)15-22/h6-8,10,15,17-18H,9,11-14H2,1-5H3. The van der Waals surface area contributed by atoms with Crippen LogP contribution in [0.2, 0.25) is 0 Å². The molecule has 25 heavy (non-hydrogen) atoms. The Balaban J connectivity index is 1.59. The van der Waals surface area contributed by atoms with Crippen LogP contribution in [0.25, 0.3) is 0 Å². The molecule has 2 unspecified atom stereocenters. The number of rotatable bonds is 4. The van der Waals surface area contributed by atoms with Crippen LogP contribution in [0.5, 0.6) is 0 Å². The van der Waals surface area contributed by atoms with Gasteiger partial charge >= 0.3 is 0 Å². The van der Waals surface area contributed by atoms with Gasteiger partial charge in [-0.2, -0.15) is 0 Å². The van der Waals surface area contributed by atoms with Crippen LogP contribution in [0.15, 0.2) is 59.0 Å². The van der Waals surface area contributed by atoms with Gasteiger partial charge in [-0.05, 0) is 54.9 Å². The fourth-order valence-electron chi connectivity index (χ4n) is 3.45. The molecule has 0 aromatic heterocycles. The van der Waals surface area contributed by atoms with Gasteiger partial charge in [-0.15, -0.1) is 0 Å². The highest BCUT2D eigenvalue weighted by Crippen LogP contribution is 2.40. The molecule has 3 rings (SSSR count). The lowest BCUT2D eigenvalue weighted by atomic mass is 9.73. The van der Waals surface area contributed by atoms with Crippen molar-refractivity contribution in [3.05, 3.63) is 59.0 Å². The summed E-state index contributed by atoms with van der Waals surface area (Å²) in [5.74, 6) is 5.46. The van der Waals surface area contributed by atoms with Crippen LogP contribution in [-0.2, 0) is 9.47 Å². The Morgan fingerprint density at radius 3 is 2.00 bits per heavy atom. The number of hydrogen-bond acceptors (Lipinski definition) is 2. The molecular formula is C23H32O2. The third kappa shape index (κ3) is 4.48. The minimum atomic E-state index is 0.381. The van der Waals surface area contributed by atoms with E-state index in [1.807, 2.05) is 0 Å². The average Bonchev–Trinajstić information content (AvgIpc) is 2.57. The van der Waals surface area contributed by atoms with E-state index in [9.17, 15) is 0 Å². The van der Waals surface area contributed by atoms with Gasteiger partial charge in [-0.25, -0.2) is 0 Å². The normalized spacial score (nSPS) is 28.9. The van der Waals surface area contributed by atoms with E-state index in [4.69, 9.17) is 9.47 Å². The van der Waals surface area contributed by atoms with Crippen LogP contribution in [0, 0.1) is 17.3 Å². The van der Waals surface area contributed by atoms with Gasteiger partial charge < -0.3 is 9.47 Å². The largest absolute Gasteiger partial charge is 0.466 e. The quantitative estimate of drug-likeness (QED) is 0.561. The molecule has 2 atom stereocenters. The van der Waals surface area contributed by atoms with Crippen molar-refractivity contribution in [1.82, 2.24) is 0 Å². The highest BCUT2D eigenvalue weighted by molar-refractivity contribution is 5.25. The van der Waals surface area contributed by atoms with Gasteiger partial charge in [0.2, 0.25) is 0 Å². The third-order valence-electron chi connectivity index (χ3n) is 6.10. The first-order valence-corrected chi connectivity index (χ1v) is 9.67. The first-order chi connectivity index (χ1) is 11.8. The summed E-state index contributed by atoms with van der Waals surface area (Å²) in [6.45, 7) is 11.4. The third-order valence-corrected chi connectivity index (χ3v) is 6.10. The molecule has 0 N–H and O–H groups in total. The van der Waals surface area contributed by atoms with E-state index in [1.54, 1.807) is 0 Å². The van der Waals surface area contributed by atoms with Crippen molar-refractivity contribution in [2.24, 2.45) is 17.3 Å². The van der Waals surface area contributed by atoms with Gasteiger partial charge in [0.1, 0.15) is 17.3 Å². The molecule has 3 aliphatic rings. The molecule has 2 heteroatoms. The molecule has 0 saturated carbocycles. The van der Waals surface area contributed by atoms with Crippen molar-refractivity contribution in [2.75, 3.05) is 0 Å². The van der Waals surface area contributed by atoms with Gasteiger partial charge in [-0.1, -0.05) is 39.3 Å². The summed E-state index contributed by atoms with van der Waals surface area (Å²) in [6.07, 6.45) is 15.8. The first kappa shape index (κ1) is 18.1. The minimum absolute atomic E-state index is 0.381. The number of allylic oxidation sites excluding steroid dienone is 10. The predicted molar refractivity (Wildman–Crippen MR) is 103 cm³/mol. The monoisotopic (exact) mass is 340 g/mol. The Morgan fingerprint density at radius 2 is 1.44 bits per heavy atom. The summed E-state index contributed by atoms with van der Waals surface area (Å²) in [5, 5.41) is 0. The fourth-order valence-corrected chi connectivity index (χ4v) is 3.45. The van der Waals surface area contributed by atoms with Crippen molar-refractivity contribution in [3.63, 3.8) is 0 Å². The Hall–Kier alpha value is -1.70. The lowest BCUT2D eigenvalue weighted by Crippen LogP contribution is -2.24. The SMILES string of the molecule is CC1=CC=C(OC2=CC=C(OC3=CC(C)C(C)(C)CC3)CC2)CC1C. The maximum atomic E-state index is 6.16. The zero-order valence-corrected chi connectivity index (χ0v) is 16.4. The van der Waals surface area contributed by atoms with Crippen molar-refractivity contribution >= 4 is 0 Å². The Bertz CT molecular complexity index is 670. The van der Waals surface area contributed by atoms with E-state index in [-0.39, 0.29) is 0 Å². The van der Waals surface area contributed by atoms with Crippen molar-refractivity contribution < 1.29 is 9.47 Å². The topological polar surface area (TPSA) is 18.5 Å². The fraction of sp³-hybridized carbons (Fsp3) is 0.565. The first-order valence-electron chi connectivity index (χ1n) is 9.67. The number of ether oxygens (including phenoxy) is 2. The van der Waals surface area contributed by atoms with E-state index in [0.29, 0.717) is 17.3 Å². The second-order valence-corrected chi connectivity index (χ2v) is 8.53. The zero-order valence-electron chi connectivity index (χ0n) is 16.4. The molecule has 0 aliphatic heterocycles. The maximum absolute atomic E-state index is 6.16. The molecule has 0 fully saturated rings. The van der Waals surface area contributed by atoms with E-state index in [1.165, 1.54) is 12.0 Å². The average molecular weight is 341 g/mol. The van der Waals surface area contributed by atoms with Crippen molar-refractivity contribution in [3.8, 4) is 0 Å².